The minimum atomic E-state index is -4.43. The number of amides is 1. The Morgan fingerprint density at radius 1 is 1.06 bits per heavy atom. The van der Waals surface area contributed by atoms with E-state index in [2.05, 4.69) is 5.32 Å². The highest BCUT2D eigenvalue weighted by atomic mass is 19.4. The van der Waals surface area contributed by atoms with Gasteiger partial charge in [0, 0.05) is 19.4 Å². The molecule has 2 aromatic carbocycles. The van der Waals surface area contributed by atoms with Crippen molar-refractivity contribution in [2.75, 3.05) is 13.2 Å². The van der Waals surface area contributed by atoms with Crippen LogP contribution in [0.25, 0.3) is 11.3 Å². The van der Waals surface area contributed by atoms with Crippen molar-refractivity contribution in [3.63, 3.8) is 0 Å². The maximum absolute atomic E-state index is 13.8. The first kappa shape index (κ1) is 23.3. The van der Waals surface area contributed by atoms with Gasteiger partial charge >= 0.3 is 6.18 Å². The Hall–Kier alpha value is -3.33. The van der Waals surface area contributed by atoms with Crippen LogP contribution in [0.1, 0.15) is 17.7 Å². The van der Waals surface area contributed by atoms with Crippen molar-refractivity contribution < 1.29 is 36.6 Å². The zero-order valence-electron chi connectivity index (χ0n) is 16.9. The second-order valence-electron chi connectivity index (χ2n) is 7.04. The molecule has 0 aliphatic heterocycles. The van der Waals surface area contributed by atoms with E-state index in [1.807, 2.05) is 0 Å². The van der Waals surface area contributed by atoms with Crippen molar-refractivity contribution in [2.45, 2.75) is 25.1 Å². The maximum atomic E-state index is 13.8. The zero-order valence-corrected chi connectivity index (χ0v) is 16.9. The number of benzene rings is 2. The summed E-state index contributed by atoms with van der Waals surface area (Å²) in [6, 6.07) is 13.6. The lowest BCUT2D eigenvalue weighted by Gasteiger charge is -2.14. The van der Waals surface area contributed by atoms with Crippen LogP contribution < -0.4 is 10.1 Å². The van der Waals surface area contributed by atoms with Gasteiger partial charge < -0.3 is 19.6 Å². The van der Waals surface area contributed by atoms with Gasteiger partial charge in [-0.15, -0.1) is 0 Å². The molecule has 3 rings (SSSR count). The molecule has 0 fully saturated rings. The van der Waals surface area contributed by atoms with Gasteiger partial charge in [-0.05, 0) is 48.5 Å². The summed E-state index contributed by atoms with van der Waals surface area (Å²) in [5.41, 5.74) is -0.463. The van der Waals surface area contributed by atoms with E-state index in [9.17, 15) is 27.5 Å². The Morgan fingerprint density at radius 3 is 2.47 bits per heavy atom. The zero-order chi connectivity index (χ0) is 23.1. The van der Waals surface area contributed by atoms with Crippen molar-refractivity contribution >= 4 is 5.91 Å². The van der Waals surface area contributed by atoms with E-state index >= 15 is 0 Å². The molecule has 3 aromatic rings. The van der Waals surface area contributed by atoms with E-state index in [4.69, 9.17) is 9.15 Å². The number of halogens is 4. The lowest BCUT2D eigenvalue weighted by atomic mass is 10.1. The molecular formula is C23H21F4NO4. The van der Waals surface area contributed by atoms with Gasteiger partial charge in [-0.1, -0.05) is 12.1 Å². The summed E-state index contributed by atoms with van der Waals surface area (Å²) in [6.45, 7) is -0.284. The average Bonchev–Trinajstić information content (AvgIpc) is 3.23. The Morgan fingerprint density at radius 2 is 1.78 bits per heavy atom. The summed E-state index contributed by atoms with van der Waals surface area (Å²) in [5.74, 6) is 0.326. The molecule has 0 saturated heterocycles. The van der Waals surface area contributed by atoms with Crippen LogP contribution in [0.15, 0.2) is 65.1 Å². The van der Waals surface area contributed by atoms with Crippen molar-refractivity contribution in [1.82, 2.24) is 5.32 Å². The second-order valence-corrected chi connectivity index (χ2v) is 7.04. The third-order valence-corrected chi connectivity index (χ3v) is 4.56. The van der Waals surface area contributed by atoms with Crippen LogP contribution in [0, 0.1) is 5.82 Å². The van der Waals surface area contributed by atoms with Crippen LogP contribution in [-0.4, -0.2) is 30.3 Å². The summed E-state index contributed by atoms with van der Waals surface area (Å²) < 4.78 is 62.2. The van der Waals surface area contributed by atoms with Gasteiger partial charge in [0.05, 0.1) is 11.1 Å². The number of alkyl halides is 3. The molecule has 0 spiro atoms. The quantitative estimate of drug-likeness (QED) is 0.467. The lowest BCUT2D eigenvalue weighted by Crippen LogP contribution is -2.35. The lowest BCUT2D eigenvalue weighted by molar-refractivity contribution is -0.137. The van der Waals surface area contributed by atoms with Gasteiger partial charge in [0.25, 0.3) is 0 Å². The van der Waals surface area contributed by atoms with Gasteiger partial charge in [-0.2, -0.15) is 13.2 Å². The highest BCUT2D eigenvalue weighted by Crippen LogP contribution is 2.30. The van der Waals surface area contributed by atoms with Crippen molar-refractivity contribution in [2.24, 2.45) is 0 Å². The number of rotatable bonds is 9. The van der Waals surface area contributed by atoms with E-state index in [0.29, 0.717) is 23.5 Å². The molecule has 0 saturated carbocycles. The first-order valence-corrected chi connectivity index (χ1v) is 9.81. The van der Waals surface area contributed by atoms with E-state index in [-0.39, 0.29) is 31.2 Å². The Labute approximate surface area is 181 Å². The van der Waals surface area contributed by atoms with Crippen LogP contribution in [0.4, 0.5) is 17.6 Å². The number of nitrogens with one attached hydrogen (secondary N) is 1. The standard InChI is InChI=1S/C23H21F4NO4/c24-20-4-2-1-3-19(20)21-11-9-18(32-21)10-12-22(30)28-13-16(29)14-31-17-7-5-15(6-8-17)23(25,26)27/h1-9,11,16,29H,10,12-14H2,(H,28,30). The molecule has 1 heterocycles. The number of hydrogen-bond acceptors (Lipinski definition) is 4. The van der Waals surface area contributed by atoms with E-state index in [1.165, 1.54) is 6.07 Å². The summed E-state index contributed by atoms with van der Waals surface area (Å²) in [5, 5.41) is 12.5. The molecule has 9 heteroatoms. The number of ether oxygens (including phenoxy) is 1. The molecule has 32 heavy (non-hydrogen) atoms. The summed E-state index contributed by atoms with van der Waals surface area (Å²) >= 11 is 0. The van der Waals surface area contributed by atoms with E-state index < -0.39 is 23.7 Å². The highest BCUT2D eigenvalue weighted by Gasteiger charge is 2.30. The molecular weight excluding hydrogens is 430 g/mol. The molecule has 0 aliphatic rings. The van der Waals surface area contributed by atoms with Gasteiger partial charge in [0.15, 0.2) is 0 Å². The molecule has 1 aromatic heterocycles. The summed E-state index contributed by atoms with van der Waals surface area (Å²) in [7, 11) is 0. The Balaban J connectivity index is 1.38. The van der Waals surface area contributed by atoms with Crippen molar-refractivity contribution in [3.8, 4) is 17.1 Å². The molecule has 170 valence electrons. The van der Waals surface area contributed by atoms with Crippen LogP contribution in [0.2, 0.25) is 0 Å². The van der Waals surface area contributed by atoms with E-state index in [1.54, 1.807) is 30.3 Å². The van der Waals surface area contributed by atoms with Crippen molar-refractivity contribution in [1.29, 1.82) is 0 Å². The second kappa shape index (κ2) is 10.3. The third-order valence-electron chi connectivity index (χ3n) is 4.56. The minimum absolute atomic E-state index is 0.0852. The summed E-state index contributed by atoms with van der Waals surface area (Å²) in [4.78, 5) is 12.0. The van der Waals surface area contributed by atoms with Crippen LogP contribution in [0.3, 0.4) is 0 Å². The number of aryl methyl sites for hydroxylation is 1. The maximum Gasteiger partial charge on any atom is 0.416 e. The molecule has 1 atom stereocenters. The third kappa shape index (κ3) is 6.58. The van der Waals surface area contributed by atoms with Gasteiger partial charge in [-0.3, -0.25) is 4.79 Å². The average molecular weight is 451 g/mol. The first-order chi connectivity index (χ1) is 15.2. The SMILES string of the molecule is O=C(CCc1ccc(-c2ccccc2F)o1)NCC(O)COc1ccc(C(F)(F)F)cc1. The number of furan rings is 1. The normalized spacial score (nSPS) is 12.4. The van der Waals surface area contributed by atoms with Crippen LogP contribution >= 0.6 is 0 Å². The number of aliphatic hydroxyl groups excluding tert-OH is 1. The molecule has 0 aliphatic carbocycles. The van der Waals surface area contributed by atoms with Crippen LogP contribution in [0.5, 0.6) is 5.75 Å². The molecule has 0 radical (unpaired) electrons. The van der Waals surface area contributed by atoms with Crippen molar-refractivity contribution in [3.05, 3.63) is 77.8 Å². The first-order valence-electron chi connectivity index (χ1n) is 9.81. The highest BCUT2D eigenvalue weighted by molar-refractivity contribution is 5.76. The van der Waals surface area contributed by atoms with E-state index in [0.717, 1.165) is 24.3 Å². The number of carbonyl (C=O) groups excluding carboxylic acids is 1. The number of aliphatic hydroxyl groups is 1. The molecule has 1 unspecified atom stereocenters. The summed E-state index contributed by atoms with van der Waals surface area (Å²) in [6.07, 6.45) is -5.09. The van der Waals surface area contributed by atoms with Gasteiger partial charge in [-0.25, -0.2) is 4.39 Å². The fourth-order valence-electron chi connectivity index (χ4n) is 2.87. The molecule has 0 bridgehead atoms. The minimum Gasteiger partial charge on any atom is -0.491 e. The predicted molar refractivity (Wildman–Crippen MR) is 108 cm³/mol. The smallest absolute Gasteiger partial charge is 0.416 e. The van der Waals surface area contributed by atoms with Gasteiger partial charge in [0.2, 0.25) is 5.91 Å². The molecule has 2 N–H and O–H groups in total. The largest absolute Gasteiger partial charge is 0.491 e. The predicted octanol–water partition coefficient (Wildman–Crippen LogP) is 4.59. The topological polar surface area (TPSA) is 71.7 Å². The Bertz CT molecular complexity index is 1030. The number of carbonyl (C=O) groups is 1. The van der Waals surface area contributed by atoms with Gasteiger partial charge in [0.1, 0.15) is 35.8 Å². The molecule has 5 nitrogen and oxygen atoms in total. The monoisotopic (exact) mass is 451 g/mol. The fourth-order valence-corrected chi connectivity index (χ4v) is 2.87. The Kier molecular flexibility index (Phi) is 7.53. The molecule has 1 amide bonds. The number of hydrogen-bond donors (Lipinski definition) is 2. The van der Waals surface area contributed by atoms with Crippen LogP contribution in [-0.2, 0) is 17.4 Å². The fraction of sp³-hybridized carbons (Fsp3) is 0.261.